The number of nitrogens with two attached hydrogens (primary N) is 1. The first kappa shape index (κ1) is 14.5. The molecule has 0 radical (unpaired) electrons. The summed E-state index contributed by atoms with van der Waals surface area (Å²) in [4.78, 5) is 0. The largest absolute Gasteiger partial charge is 0.325 e. The molecule has 1 aromatic rings. The first-order chi connectivity index (χ1) is 8.91. The maximum absolute atomic E-state index is 11.4. The van der Waals surface area contributed by atoms with Gasteiger partial charge >= 0.3 is 0 Å². The summed E-state index contributed by atoms with van der Waals surface area (Å²) in [5.74, 6) is 0.469. The highest BCUT2D eigenvalue weighted by atomic mass is 32.2. The molecule has 0 heterocycles. The van der Waals surface area contributed by atoms with Crippen LogP contribution in [0.5, 0.6) is 0 Å². The van der Waals surface area contributed by atoms with Gasteiger partial charge in [-0.2, -0.15) is 0 Å². The van der Waals surface area contributed by atoms with E-state index in [2.05, 4.69) is 12.1 Å². The van der Waals surface area contributed by atoms with Gasteiger partial charge < -0.3 is 5.73 Å². The van der Waals surface area contributed by atoms with Gasteiger partial charge in [0, 0.05) is 17.7 Å². The molecule has 0 bridgehead atoms. The predicted molar refractivity (Wildman–Crippen MR) is 78.9 cm³/mol. The van der Waals surface area contributed by atoms with E-state index in [-0.39, 0.29) is 17.2 Å². The minimum absolute atomic E-state index is 0.187. The van der Waals surface area contributed by atoms with Crippen LogP contribution in [0.4, 0.5) is 0 Å². The lowest BCUT2D eigenvalue weighted by Gasteiger charge is -2.41. The van der Waals surface area contributed by atoms with Gasteiger partial charge in [0.1, 0.15) is 9.84 Å². The van der Waals surface area contributed by atoms with Gasteiger partial charge in [-0.3, -0.25) is 0 Å². The van der Waals surface area contributed by atoms with E-state index in [1.807, 2.05) is 18.2 Å². The number of hydrogen-bond acceptors (Lipinski definition) is 3. The summed E-state index contributed by atoms with van der Waals surface area (Å²) in [7, 11) is -2.95. The molecule has 2 atom stereocenters. The first-order valence-electron chi connectivity index (χ1n) is 6.92. The van der Waals surface area contributed by atoms with Crippen molar-refractivity contribution in [1.82, 2.24) is 0 Å². The van der Waals surface area contributed by atoms with Crippen molar-refractivity contribution >= 4 is 9.84 Å². The molecule has 1 aliphatic carbocycles. The van der Waals surface area contributed by atoms with Gasteiger partial charge in [0.2, 0.25) is 0 Å². The molecule has 4 heteroatoms. The van der Waals surface area contributed by atoms with Gasteiger partial charge in [-0.1, -0.05) is 43.2 Å². The van der Waals surface area contributed by atoms with Gasteiger partial charge in [0.05, 0.1) is 5.75 Å². The van der Waals surface area contributed by atoms with Crippen LogP contribution < -0.4 is 5.73 Å². The Hall–Kier alpha value is -0.870. The lowest BCUT2D eigenvalue weighted by Crippen LogP contribution is -2.49. The standard InChI is InChI=1S/C15H23NO2S/c1-19(17,18)12-11-15(16)10-6-5-9-14(15)13-7-3-2-4-8-13/h2-4,7-8,14H,5-6,9-12,16H2,1H3. The van der Waals surface area contributed by atoms with Crippen molar-refractivity contribution in [2.75, 3.05) is 12.0 Å². The summed E-state index contributed by atoms with van der Waals surface area (Å²) in [6.45, 7) is 0. The van der Waals surface area contributed by atoms with Crippen LogP contribution in [0.15, 0.2) is 30.3 Å². The molecule has 3 nitrogen and oxygen atoms in total. The average molecular weight is 281 g/mol. The van der Waals surface area contributed by atoms with Crippen LogP contribution in [0.1, 0.15) is 43.6 Å². The van der Waals surface area contributed by atoms with Crippen LogP contribution in [0.25, 0.3) is 0 Å². The smallest absolute Gasteiger partial charge is 0.147 e. The zero-order valence-electron chi connectivity index (χ0n) is 11.5. The second kappa shape index (κ2) is 5.63. The highest BCUT2D eigenvalue weighted by Gasteiger charge is 2.38. The molecular weight excluding hydrogens is 258 g/mol. The molecule has 2 unspecified atom stereocenters. The summed E-state index contributed by atoms with van der Waals surface area (Å²) in [6.07, 6.45) is 6.11. The van der Waals surface area contributed by atoms with Crippen LogP contribution in [0.3, 0.4) is 0 Å². The minimum Gasteiger partial charge on any atom is -0.325 e. The van der Waals surface area contributed by atoms with Crippen molar-refractivity contribution in [1.29, 1.82) is 0 Å². The molecule has 1 aliphatic rings. The van der Waals surface area contributed by atoms with Crippen molar-refractivity contribution in [3.05, 3.63) is 35.9 Å². The van der Waals surface area contributed by atoms with Gasteiger partial charge in [0.25, 0.3) is 0 Å². The second-order valence-corrected chi connectivity index (χ2v) is 8.08. The lowest BCUT2D eigenvalue weighted by atomic mass is 9.69. The molecule has 1 fully saturated rings. The predicted octanol–water partition coefficient (Wildman–Crippen LogP) is 2.48. The molecule has 0 aliphatic heterocycles. The average Bonchev–Trinajstić information content (AvgIpc) is 2.37. The molecule has 0 saturated heterocycles. The Kier molecular flexibility index (Phi) is 4.31. The lowest BCUT2D eigenvalue weighted by molar-refractivity contribution is 0.244. The monoisotopic (exact) mass is 281 g/mol. The zero-order chi connectivity index (χ0) is 13.9. The Morgan fingerprint density at radius 2 is 1.95 bits per heavy atom. The molecule has 2 rings (SSSR count). The Bertz CT molecular complexity index is 512. The first-order valence-corrected chi connectivity index (χ1v) is 8.98. The van der Waals surface area contributed by atoms with Crippen LogP contribution in [0, 0.1) is 0 Å². The molecule has 0 spiro atoms. The molecule has 2 N–H and O–H groups in total. The van der Waals surface area contributed by atoms with E-state index >= 15 is 0 Å². The normalized spacial score (nSPS) is 28.2. The Labute approximate surface area is 116 Å². The van der Waals surface area contributed by atoms with E-state index in [4.69, 9.17) is 5.73 Å². The number of benzene rings is 1. The van der Waals surface area contributed by atoms with Crippen LogP contribution >= 0.6 is 0 Å². The van der Waals surface area contributed by atoms with Crippen molar-refractivity contribution in [2.45, 2.75) is 43.6 Å². The molecule has 106 valence electrons. The second-order valence-electron chi connectivity index (χ2n) is 5.82. The van der Waals surface area contributed by atoms with Crippen molar-refractivity contribution in [2.24, 2.45) is 5.73 Å². The highest BCUT2D eigenvalue weighted by Crippen LogP contribution is 2.41. The zero-order valence-corrected chi connectivity index (χ0v) is 12.3. The highest BCUT2D eigenvalue weighted by molar-refractivity contribution is 7.90. The van der Waals surface area contributed by atoms with Gasteiger partial charge in [0.15, 0.2) is 0 Å². The Morgan fingerprint density at radius 1 is 1.26 bits per heavy atom. The van der Waals surface area contributed by atoms with Crippen molar-refractivity contribution < 1.29 is 8.42 Å². The van der Waals surface area contributed by atoms with Gasteiger partial charge in [-0.05, 0) is 24.8 Å². The summed E-state index contributed by atoms with van der Waals surface area (Å²) in [5, 5.41) is 0. The quantitative estimate of drug-likeness (QED) is 0.922. The maximum atomic E-state index is 11.4. The van der Waals surface area contributed by atoms with E-state index in [1.54, 1.807) is 0 Å². The minimum atomic E-state index is -2.95. The van der Waals surface area contributed by atoms with E-state index in [0.29, 0.717) is 6.42 Å². The van der Waals surface area contributed by atoms with Crippen LogP contribution in [0.2, 0.25) is 0 Å². The van der Waals surface area contributed by atoms with Crippen molar-refractivity contribution in [3.63, 3.8) is 0 Å². The van der Waals surface area contributed by atoms with E-state index in [1.165, 1.54) is 18.2 Å². The maximum Gasteiger partial charge on any atom is 0.147 e. The summed E-state index contributed by atoms with van der Waals surface area (Å²) < 4.78 is 22.8. The van der Waals surface area contributed by atoms with E-state index in [9.17, 15) is 8.42 Å². The fourth-order valence-corrected chi connectivity index (χ4v) is 3.87. The molecule has 0 amide bonds. The Morgan fingerprint density at radius 3 is 2.58 bits per heavy atom. The summed E-state index contributed by atoms with van der Waals surface area (Å²) >= 11 is 0. The van der Waals surface area contributed by atoms with Gasteiger partial charge in [-0.15, -0.1) is 0 Å². The summed E-state index contributed by atoms with van der Waals surface area (Å²) in [5.41, 5.74) is 7.45. The van der Waals surface area contributed by atoms with Crippen LogP contribution in [-0.2, 0) is 9.84 Å². The fourth-order valence-electron chi connectivity index (χ4n) is 3.12. The fraction of sp³-hybridized carbons (Fsp3) is 0.600. The Balaban J connectivity index is 2.20. The van der Waals surface area contributed by atoms with Crippen molar-refractivity contribution in [3.8, 4) is 0 Å². The molecule has 1 saturated carbocycles. The third kappa shape index (κ3) is 3.80. The topological polar surface area (TPSA) is 60.2 Å². The number of sulfone groups is 1. The third-order valence-electron chi connectivity index (χ3n) is 4.22. The molecule has 19 heavy (non-hydrogen) atoms. The molecular formula is C15H23NO2S. The SMILES string of the molecule is CS(=O)(=O)CCC1(N)CCCCC1c1ccccc1. The number of hydrogen-bond donors (Lipinski definition) is 1. The summed E-state index contributed by atoms with van der Waals surface area (Å²) in [6, 6.07) is 10.3. The van der Waals surface area contributed by atoms with Gasteiger partial charge in [-0.25, -0.2) is 8.42 Å². The molecule has 0 aromatic heterocycles. The van der Waals surface area contributed by atoms with Crippen LogP contribution in [-0.4, -0.2) is 26.0 Å². The molecule has 1 aromatic carbocycles. The number of rotatable bonds is 4. The third-order valence-corrected chi connectivity index (χ3v) is 5.16. The van der Waals surface area contributed by atoms with E-state index < -0.39 is 9.84 Å². The van der Waals surface area contributed by atoms with E-state index in [0.717, 1.165) is 19.3 Å².